The summed E-state index contributed by atoms with van der Waals surface area (Å²) in [6.45, 7) is 2.84. The van der Waals surface area contributed by atoms with Crippen molar-refractivity contribution in [3.8, 4) is 0 Å². The minimum atomic E-state index is 0. The van der Waals surface area contributed by atoms with Crippen LogP contribution in [0.5, 0.6) is 0 Å². The summed E-state index contributed by atoms with van der Waals surface area (Å²) in [4.78, 5) is 3.08. The Morgan fingerprint density at radius 2 is 2.07 bits per heavy atom. The first-order valence-corrected chi connectivity index (χ1v) is 4.45. The van der Waals surface area contributed by atoms with Gasteiger partial charge < -0.3 is 39.3 Å². The first kappa shape index (κ1) is 17.0. The Kier molecular flexibility index (Phi) is 10.1. The summed E-state index contributed by atoms with van der Waals surface area (Å²) in [7, 11) is 2.06. The molecule has 5 N–H and O–H groups in total. The summed E-state index contributed by atoms with van der Waals surface area (Å²) in [5, 5.41) is 2.14. The highest BCUT2D eigenvalue weighted by molar-refractivity contribution is 5.72. The standard InChI is InChI=1S/C10H15N3.2BrH/c1-8(11)13-10-5-3-4-9(6-10)7-12-2;;/h3-6,12H,7H2,1-2H3,(H2,11,13);2*1H. The van der Waals surface area contributed by atoms with Crippen LogP contribution in [0.25, 0.3) is 0 Å². The molecular weight excluding hydrogens is 322 g/mol. The van der Waals surface area contributed by atoms with Crippen molar-refractivity contribution < 1.29 is 44.3 Å². The molecule has 3 nitrogen and oxygen atoms in total. The number of nitrogens with one attached hydrogen (secondary N) is 1. The average molecular weight is 339 g/mol. The van der Waals surface area contributed by atoms with E-state index in [4.69, 9.17) is 5.73 Å². The average Bonchev–Trinajstić information content (AvgIpc) is 2.04. The molecule has 1 rings (SSSR count). The zero-order valence-corrected chi connectivity index (χ0v) is 12.1. The number of halogens is 2. The minimum Gasteiger partial charge on any atom is -1.00 e. The fourth-order valence-corrected chi connectivity index (χ4v) is 1.24. The molecule has 1 aromatic rings. The van der Waals surface area contributed by atoms with E-state index in [9.17, 15) is 0 Å². The molecule has 86 valence electrons. The van der Waals surface area contributed by atoms with E-state index in [1.165, 1.54) is 5.56 Å². The lowest BCUT2D eigenvalue weighted by atomic mass is 10.2. The van der Waals surface area contributed by atoms with Crippen LogP contribution in [-0.2, 0) is 6.54 Å². The molecule has 0 amide bonds. The molecule has 0 saturated carbocycles. The molecule has 15 heavy (non-hydrogen) atoms. The van der Waals surface area contributed by atoms with Gasteiger partial charge in [-0.05, 0) is 12.1 Å². The normalized spacial score (nSPS) is 10.1. The highest BCUT2D eigenvalue weighted by Crippen LogP contribution is 2.02. The zero-order chi connectivity index (χ0) is 9.68. The Hall–Kier alpha value is -0.390. The van der Waals surface area contributed by atoms with E-state index in [2.05, 4.69) is 29.5 Å². The van der Waals surface area contributed by atoms with Gasteiger partial charge in [0.1, 0.15) is 12.2 Å². The maximum atomic E-state index is 5.55. The van der Waals surface area contributed by atoms with Crippen LogP contribution >= 0.6 is 0 Å². The molecule has 0 radical (unpaired) electrons. The summed E-state index contributed by atoms with van der Waals surface area (Å²) in [6, 6.07) is 8.26. The molecule has 0 aliphatic heterocycles. The zero-order valence-electron chi connectivity index (χ0n) is 8.93. The van der Waals surface area contributed by atoms with Crippen LogP contribution < -0.4 is 50.0 Å². The lowest BCUT2D eigenvalue weighted by Gasteiger charge is -1.97. The van der Waals surface area contributed by atoms with Crippen LogP contribution in [0.4, 0.5) is 5.69 Å². The van der Waals surface area contributed by atoms with Crippen molar-refractivity contribution in [3.63, 3.8) is 0 Å². The largest absolute Gasteiger partial charge is 1.00 e. The number of rotatable bonds is 3. The van der Waals surface area contributed by atoms with Crippen molar-refractivity contribution in [2.45, 2.75) is 13.5 Å². The van der Waals surface area contributed by atoms with Gasteiger partial charge in [0.05, 0.1) is 7.05 Å². The van der Waals surface area contributed by atoms with Gasteiger partial charge in [-0.15, -0.1) is 0 Å². The highest BCUT2D eigenvalue weighted by Gasteiger charge is 1.97. The van der Waals surface area contributed by atoms with Gasteiger partial charge in [0.2, 0.25) is 5.84 Å². The van der Waals surface area contributed by atoms with Gasteiger partial charge >= 0.3 is 0 Å². The Bertz CT molecular complexity index is 309. The van der Waals surface area contributed by atoms with Crippen molar-refractivity contribution in [3.05, 3.63) is 29.8 Å². The van der Waals surface area contributed by atoms with Gasteiger partial charge in [-0.3, -0.25) is 5.73 Å². The third-order valence-electron chi connectivity index (χ3n) is 1.71. The van der Waals surface area contributed by atoms with E-state index in [1.807, 2.05) is 19.1 Å². The van der Waals surface area contributed by atoms with Crippen LogP contribution in [0, 0.1) is 0 Å². The van der Waals surface area contributed by atoms with Crippen molar-refractivity contribution in [1.82, 2.24) is 0 Å². The smallest absolute Gasteiger partial charge is 0.242 e. The summed E-state index contributed by atoms with van der Waals surface area (Å²) < 4.78 is 0. The number of benzene rings is 1. The molecule has 0 aromatic heterocycles. The van der Waals surface area contributed by atoms with E-state index < -0.39 is 0 Å². The number of quaternary nitrogens is 1. The van der Waals surface area contributed by atoms with Crippen molar-refractivity contribution in [1.29, 1.82) is 0 Å². The molecule has 0 aliphatic rings. The maximum Gasteiger partial charge on any atom is 0.242 e. The minimum absolute atomic E-state index is 0. The van der Waals surface area contributed by atoms with Crippen LogP contribution in [0.1, 0.15) is 12.5 Å². The second-order valence-corrected chi connectivity index (χ2v) is 3.12. The van der Waals surface area contributed by atoms with E-state index in [1.54, 1.807) is 0 Å². The van der Waals surface area contributed by atoms with Gasteiger partial charge in [-0.2, -0.15) is 0 Å². The van der Waals surface area contributed by atoms with Gasteiger partial charge in [0.25, 0.3) is 0 Å². The molecule has 0 spiro atoms. The van der Waals surface area contributed by atoms with Crippen LogP contribution in [0.2, 0.25) is 0 Å². The second-order valence-electron chi connectivity index (χ2n) is 3.12. The molecular formula is C10H17Br2N3. The molecule has 0 atom stereocenters. The molecule has 0 fully saturated rings. The molecule has 5 heteroatoms. The first-order valence-electron chi connectivity index (χ1n) is 4.45. The molecule has 0 saturated heterocycles. The fourth-order valence-electron chi connectivity index (χ4n) is 1.24. The predicted molar refractivity (Wildman–Crippen MR) is 53.5 cm³/mol. The van der Waals surface area contributed by atoms with E-state index in [-0.39, 0.29) is 34.0 Å². The van der Waals surface area contributed by atoms with E-state index in [0.717, 1.165) is 18.1 Å². The summed E-state index contributed by atoms with van der Waals surface area (Å²) in [6.07, 6.45) is 0. The van der Waals surface area contributed by atoms with Crippen LogP contribution in [0.3, 0.4) is 0 Å². The lowest BCUT2D eigenvalue weighted by Crippen LogP contribution is -3.00. The SMILES string of the molecule is C[NH2+]Cc1cccc([NH+]=C(C)N)c1.[Br-].[Br-]. The number of hydrogen-bond donors (Lipinski definition) is 3. The Balaban J connectivity index is 0. The monoisotopic (exact) mass is 337 g/mol. The maximum absolute atomic E-state index is 5.55. The highest BCUT2D eigenvalue weighted by atomic mass is 79.9. The summed E-state index contributed by atoms with van der Waals surface area (Å²) >= 11 is 0. The molecule has 0 bridgehead atoms. The van der Waals surface area contributed by atoms with Gasteiger partial charge in [-0.25, -0.2) is 4.99 Å². The van der Waals surface area contributed by atoms with Gasteiger partial charge in [-0.1, -0.05) is 12.1 Å². The van der Waals surface area contributed by atoms with E-state index >= 15 is 0 Å². The quantitative estimate of drug-likeness (QED) is 0.372. The summed E-state index contributed by atoms with van der Waals surface area (Å²) in [5.74, 6) is 0.720. The molecule has 0 aliphatic carbocycles. The lowest BCUT2D eigenvalue weighted by molar-refractivity contribution is -0.643. The van der Waals surface area contributed by atoms with Crippen molar-refractivity contribution in [2.24, 2.45) is 5.73 Å². The first-order chi connectivity index (χ1) is 6.22. The van der Waals surface area contributed by atoms with E-state index in [0.29, 0.717) is 0 Å². The Labute approximate surface area is 112 Å². The Morgan fingerprint density at radius 1 is 1.40 bits per heavy atom. The van der Waals surface area contributed by atoms with Gasteiger partial charge in [0, 0.05) is 12.5 Å². The van der Waals surface area contributed by atoms with Crippen molar-refractivity contribution in [2.75, 3.05) is 7.05 Å². The summed E-state index contributed by atoms with van der Waals surface area (Å²) in [5.41, 5.74) is 7.90. The van der Waals surface area contributed by atoms with Gasteiger partial charge in [0.15, 0.2) is 0 Å². The molecule has 0 unspecified atom stereocenters. The third-order valence-corrected chi connectivity index (χ3v) is 1.71. The van der Waals surface area contributed by atoms with Crippen LogP contribution in [0.15, 0.2) is 24.3 Å². The number of hydrogen-bond acceptors (Lipinski definition) is 0. The van der Waals surface area contributed by atoms with Crippen molar-refractivity contribution >= 4 is 11.5 Å². The second kappa shape index (κ2) is 8.88. The third kappa shape index (κ3) is 6.65. The Morgan fingerprint density at radius 3 is 2.60 bits per heavy atom. The predicted octanol–water partition coefficient (Wildman–Crippen LogP) is -7.52. The van der Waals surface area contributed by atoms with Crippen LogP contribution in [-0.4, -0.2) is 12.9 Å². The molecule has 0 heterocycles. The number of nitrogens with two attached hydrogens (primary N) is 2. The molecule has 1 aromatic carbocycles. The number of amidine groups is 1. The fraction of sp³-hybridized carbons (Fsp3) is 0.300. The topological polar surface area (TPSA) is 56.6 Å².